The lowest BCUT2D eigenvalue weighted by Crippen LogP contribution is -2.68. The van der Waals surface area contributed by atoms with Gasteiger partial charge in [-0.05, 0) is 42.1 Å². The van der Waals surface area contributed by atoms with Crippen LogP contribution in [0.5, 0.6) is 0 Å². The molecule has 5 nitrogen and oxygen atoms in total. The molecular formula is C31H44O5Si. The number of fused-ring (bicyclic) bond motifs is 1. The normalized spacial score (nSPS) is 26.1. The summed E-state index contributed by atoms with van der Waals surface area (Å²) in [7, 11) is -2.81. The molecule has 0 bridgehead atoms. The van der Waals surface area contributed by atoms with E-state index in [4.69, 9.17) is 23.4 Å². The molecule has 2 aliphatic heterocycles. The number of rotatable bonds is 11. The number of hydrogen-bond acceptors (Lipinski definition) is 5. The van der Waals surface area contributed by atoms with Crippen molar-refractivity contribution >= 4 is 18.7 Å². The van der Waals surface area contributed by atoms with Crippen LogP contribution in [-0.2, 0) is 23.4 Å². The summed E-state index contributed by atoms with van der Waals surface area (Å²) in [5, 5.41) is 2.31. The average molecular weight is 525 g/mol. The molecule has 37 heavy (non-hydrogen) atoms. The molecule has 2 aromatic carbocycles. The van der Waals surface area contributed by atoms with Crippen LogP contribution in [0.1, 0.15) is 60.8 Å². The van der Waals surface area contributed by atoms with Crippen molar-refractivity contribution < 1.29 is 23.4 Å². The molecule has 202 valence electrons. The molecule has 2 aliphatic rings. The maximum absolute atomic E-state index is 7.50. The van der Waals surface area contributed by atoms with E-state index >= 15 is 0 Å². The first kappa shape index (κ1) is 28.2. The predicted octanol–water partition coefficient (Wildman–Crippen LogP) is 5.57. The first-order chi connectivity index (χ1) is 17.6. The zero-order valence-electron chi connectivity index (χ0n) is 23.3. The van der Waals surface area contributed by atoms with E-state index in [1.54, 1.807) is 0 Å². The van der Waals surface area contributed by atoms with Crippen LogP contribution in [-0.4, -0.2) is 51.4 Å². The van der Waals surface area contributed by atoms with E-state index in [1.807, 2.05) is 19.9 Å². The molecular weight excluding hydrogens is 480 g/mol. The van der Waals surface area contributed by atoms with Crippen molar-refractivity contribution in [2.24, 2.45) is 0 Å². The monoisotopic (exact) mass is 524 g/mol. The lowest BCUT2D eigenvalue weighted by atomic mass is 10.0. The maximum Gasteiger partial charge on any atom is 0.261 e. The predicted molar refractivity (Wildman–Crippen MR) is 151 cm³/mol. The summed E-state index contributed by atoms with van der Waals surface area (Å²) >= 11 is 0. The summed E-state index contributed by atoms with van der Waals surface area (Å²) in [5.41, 5.74) is 0. The Balaban J connectivity index is 1.77. The van der Waals surface area contributed by atoms with Crippen molar-refractivity contribution in [2.75, 3.05) is 6.61 Å². The summed E-state index contributed by atoms with van der Waals surface area (Å²) in [6.45, 7) is 17.6. The second-order valence-electron chi connectivity index (χ2n) is 11.6. The van der Waals surface area contributed by atoms with E-state index in [1.165, 1.54) is 10.4 Å². The van der Waals surface area contributed by atoms with Gasteiger partial charge in [0.15, 0.2) is 12.1 Å². The molecule has 5 atom stereocenters. The van der Waals surface area contributed by atoms with Gasteiger partial charge in [-0.25, -0.2) is 0 Å². The Morgan fingerprint density at radius 3 is 2.11 bits per heavy atom. The Morgan fingerprint density at radius 1 is 1.00 bits per heavy atom. The molecule has 6 heteroatoms. The molecule has 0 radical (unpaired) electrons. The Kier molecular flexibility index (Phi) is 8.78. The van der Waals surface area contributed by atoms with Crippen LogP contribution in [0.15, 0.2) is 73.3 Å². The smallest absolute Gasteiger partial charge is 0.261 e. The summed E-state index contributed by atoms with van der Waals surface area (Å²) < 4.78 is 33.0. The van der Waals surface area contributed by atoms with Crippen molar-refractivity contribution in [2.45, 2.75) is 102 Å². The molecule has 0 aliphatic carbocycles. The van der Waals surface area contributed by atoms with E-state index in [0.29, 0.717) is 13.0 Å². The van der Waals surface area contributed by atoms with Crippen LogP contribution in [0.25, 0.3) is 0 Å². The number of unbranched alkanes of at least 4 members (excludes halogenated alkanes) is 1. The number of ether oxygens (including phenoxy) is 4. The van der Waals surface area contributed by atoms with Gasteiger partial charge in [0, 0.05) is 6.61 Å². The minimum atomic E-state index is -2.81. The van der Waals surface area contributed by atoms with E-state index in [2.05, 4.69) is 94.9 Å². The third kappa shape index (κ3) is 5.80. The van der Waals surface area contributed by atoms with Gasteiger partial charge >= 0.3 is 0 Å². The minimum absolute atomic E-state index is 0.156. The summed E-state index contributed by atoms with van der Waals surface area (Å²) in [6.07, 6.45) is 2.89. The van der Waals surface area contributed by atoms with Crippen molar-refractivity contribution in [3.05, 3.63) is 73.3 Å². The van der Waals surface area contributed by atoms with Gasteiger partial charge in [-0.3, -0.25) is 0 Å². The molecule has 0 aromatic heterocycles. The highest BCUT2D eigenvalue weighted by atomic mass is 28.4. The van der Waals surface area contributed by atoms with Gasteiger partial charge in [-0.15, -0.1) is 6.58 Å². The molecule has 0 spiro atoms. The molecule has 2 saturated heterocycles. The zero-order chi connectivity index (χ0) is 26.7. The second-order valence-corrected chi connectivity index (χ2v) is 15.9. The fourth-order valence-electron chi connectivity index (χ4n) is 5.69. The van der Waals surface area contributed by atoms with Crippen LogP contribution in [0.2, 0.25) is 5.04 Å². The van der Waals surface area contributed by atoms with Gasteiger partial charge in [0.1, 0.15) is 18.3 Å². The average Bonchev–Trinajstić information content (AvgIpc) is 3.34. The van der Waals surface area contributed by atoms with E-state index in [0.717, 1.165) is 12.8 Å². The Labute approximate surface area is 224 Å². The zero-order valence-corrected chi connectivity index (χ0v) is 24.3. The van der Waals surface area contributed by atoms with Gasteiger partial charge in [0.05, 0.1) is 6.10 Å². The fourth-order valence-corrected chi connectivity index (χ4v) is 10.4. The Hall–Kier alpha value is -1.80. The summed E-state index contributed by atoms with van der Waals surface area (Å²) in [5.74, 6) is -0.709. The van der Waals surface area contributed by atoms with Crippen molar-refractivity contribution in [3.63, 3.8) is 0 Å². The fraction of sp³-hybridized carbons (Fsp3) is 0.548. The van der Waals surface area contributed by atoms with Gasteiger partial charge in [-0.2, -0.15) is 0 Å². The van der Waals surface area contributed by atoms with Crippen molar-refractivity contribution in [1.82, 2.24) is 0 Å². The van der Waals surface area contributed by atoms with Gasteiger partial charge in [0.25, 0.3) is 8.32 Å². The topological polar surface area (TPSA) is 46.2 Å². The van der Waals surface area contributed by atoms with Crippen LogP contribution in [0, 0.1) is 0 Å². The SMILES string of the molecule is C=CC[C@@H](O[Si](c1ccccc1)(c1ccccc1)C(C)(C)C)[C@H]1O[C@@H]2OC(C)(C)O[C@@H]2[C@@H]1OCCCC. The summed E-state index contributed by atoms with van der Waals surface area (Å²) in [4.78, 5) is 0. The van der Waals surface area contributed by atoms with Gasteiger partial charge in [-0.1, -0.05) is 101 Å². The third-order valence-electron chi connectivity index (χ3n) is 7.35. The van der Waals surface area contributed by atoms with Gasteiger partial charge in [0.2, 0.25) is 0 Å². The lowest BCUT2D eigenvalue weighted by molar-refractivity contribution is -0.228. The molecule has 2 aromatic rings. The van der Waals surface area contributed by atoms with Crippen LogP contribution in [0.4, 0.5) is 0 Å². The van der Waals surface area contributed by atoms with Crippen molar-refractivity contribution in [3.8, 4) is 0 Å². The van der Waals surface area contributed by atoms with Crippen molar-refractivity contribution in [1.29, 1.82) is 0 Å². The number of hydrogen-bond donors (Lipinski definition) is 0. The molecule has 4 rings (SSSR count). The molecule has 2 heterocycles. The highest BCUT2D eigenvalue weighted by molar-refractivity contribution is 6.99. The van der Waals surface area contributed by atoms with E-state index in [-0.39, 0.29) is 29.5 Å². The quantitative estimate of drug-likeness (QED) is 0.219. The van der Waals surface area contributed by atoms with Crippen LogP contribution in [0.3, 0.4) is 0 Å². The van der Waals surface area contributed by atoms with E-state index < -0.39 is 20.4 Å². The number of benzene rings is 2. The summed E-state index contributed by atoms with van der Waals surface area (Å²) in [6, 6.07) is 21.4. The van der Waals surface area contributed by atoms with Crippen LogP contribution < -0.4 is 10.4 Å². The lowest BCUT2D eigenvalue weighted by Gasteiger charge is -2.46. The van der Waals surface area contributed by atoms with E-state index in [9.17, 15) is 0 Å². The molecule has 0 amide bonds. The second kappa shape index (κ2) is 11.5. The highest BCUT2D eigenvalue weighted by Gasteiger charge is 2.59. The first-order valence-corrected chi connectivity index (χ1v) is 15.6. The highest BCUT2D eigenvalue weighted by Crippen LogP contribution is 2.43. The minimum Gasteiger partial charge on any atom is -0.401 e. The largest absolute Gasteiger partial charge is 0.401 e. The first-order valence-electron chi connectivity index (χ1n) is 13.7. The molecule has 0 unspecified atom stereocenters. The maximum atomic E-state index is 7.50. The standard InChI is InChI=1S/C31H44O5Si/c1-8-10-22-32-27-26(33-29-28(27)34-31(6,7)35-29)25(17-9-2)36-37(30(3,4)5,23-18-13-11-14-19-23)24-20-15-12-16-21-24/h9,11-16,18-21,25-29H,2,8,10,17,22H2,1,3-7H3/t25-,26-,27-,28-,29-/m1/s1. The van der Waals surface area contributed by atoms with Crippen LogP contribution >= 0.6 is 0 Å². The van der Waals surface area contributed by atoms with Gasteiger partial charge < -0.3 is 23.4 Å². The Bertz CT molecular complexity index is 964. The molecule has 0 N–H and O–H groups in total. The molecule has 2 fully saturated rings. The molecule has 0 saturated carbocycles. The third-order valence-corrected chi connectivity index (χ3v) is 12.4. The Morgan fingerprint density at radius 2 is 1.59 bits per heavy atom.